The first-order valence-electron chi connectivity index (χ1n) is 7.08. The molecule has 0 radical (unpaired) electrons. The van der Waals surface area contributed by atoms with Crippen LogP contribution in [0, 0.1) is 0 Å². The number of sulfonamides is 1. The normalized spacial score (nSPS) is 11.4. The van der Waals surface area contributed by atoms with Crippen molar-refractivity contribution in [3.05, 3.63) is 53.6 Å². The van der Waals surface area contributed by atoms with E-state index in [-0.39, 0.29) is 10.6 Å². The number of hydrogen-bond donors (Lipinski definition) is 3. The van der Waals surface area contributed by atoms with Crippen LogP contribution >= 0.6 is 0 Å². The first kappa shape index (κ1) is 17.3. The van der Waals surface area contributed by atoms with Crippen molar-refractivity contribution >= 4 is 10.0 Å². The van der Waals surface area contributed by atoms with Crippen molar-refractivity contribution in [2.75, 3.05) is 13.7 Å². The summed E-state index contributed by atoms with van der Waals surface area (Å²) in [5, 5.41) is 18.0. The molecule has 0 unspecified atom stereocenters. The first-order valence-corrected chi connectivity index (χ1v) is 8.63. The van der Waals surface area contributed by atoms with Gasteiger partial charge in [-0.3, -0.25) is 0 Å². The molecule has 0 aliphatic rings. The standard InChI is InChI=1S/C16H20N2O4S/c1-22-16-7-4-13(10-15(16)19)11-18-9-8-12-2-5-14(6-3-12)23(17,20)21/h2-7,10,18-19H,8-9,11H2,1H3,(H2,17,20,21). The molecular formula is C16H20N2O4S. The van der Waals surface area contributed by atoms with E-state index in [0.717, 1.165) is 24.1 Å². The molecule has 0 heterocycles. The Bertz CT molecular complexity index is 758. The molecule has 2 rings (SSSR count). The van der Waals surface area contributed by atoms with Gasteiger partial charge in [-0.15, -0.1) is 0 Å². The number of benzene rings is 2. The van der Waals surface area contributed by atoms with E-state index in [9.17, 15) is 13.5 Å². The van der Waals surface area contributed by atoms with Gasteiger partial charge in [-0.05, 0) is 48.4 Å². The van der Waals surface area contributed by atoms with Crippen molar-refractivity contribution in [1.82, 2.24) is 5.32 Å². The Kier molecular flexibility index (Phi) is 5.59. The van der Waals surface area contributed by atoms with E-state index < -0.39 is 10.0 Å². The van der Waals surface area contributed by atoms with E-state index in [1.54, 1.807) is 24.3 Å². The summed E-state index contributed by atoms with van der Waals surface area (Å²) in [6.45, 7) is 1.34. The molecule has 0 aliphatic carbocycles. The highest BCUT2D eigenvalue weighted by molar-refractivity contribution is 7.89. The van der Waals surface area contributed by atoms with Gasteiger partial charge < -0.3 is 15.2 Å². The maximum absolute atomic E-state index is 11.2. The Morgan fingerprint density at radius 2 is 1.78 bits per heavy atom. The van der Waals surface area contributed by atoms with Crippen LogP contribution in [0.1, 0.15) is 11.1 Å². The minimum Gasteiger partial charge on any atom is -0.504 e. The van der Waals surface area contributed by atoms with Gasteiger partial charge >= 0.3 is 0 Å². The zero-order valence-electron chi connectivity index (χ0n) is 12.8. The Morgan fingerprint density at radius 1 is 1.13 bits per heavy atom. The maximum atomic E-state index is 11.2. The van der Waals surface area contributed by atoms with Gasteiger partial charge in [0.15, 0.2) is 11.5 Å². The molecule has 0 aromatic heterocycles. The summed E-state index contributed by atoms with van der Waals surface area (Å²) in [5.41, 5.74) is 1.97. The lowest BCUT2D eigenvalue weighted by Crippen LogP contribution is -2.17. The number of aromatic hydroxyl groups is 1. The zero-order valence-corrected chi connectivity index (χ0v) is 13.6. The number of methoxy groups -OCH3 is 1. The lowest BCUT2D eigenvalue weighted by molar-refractivity contribution is 0.373. The van der Waals surface area contributed by atoms with E-state index in [2.05, 4.69) is 5.32 Å². The lowest BCUT2D eigenvalue weighted by atomic mass is 10.1. The van der Waals surface area contributed by atoms with Gasteiger partial charge in [0.05, 0.1) is 12.0 Å². The van der Waals surface area contributed by atoms with Gasteiger partial charge in [-0.25, -0.2) is 13.6 Å². The quantitative estimate of drug-likeness (QED) is 0.663. The maximum Gasteiger partial charge on any atom is 0.238 e. The highest BCUT2D eigenvalue weighted by Gasteiger charge is 2.06. The fraction of sp³-hybridized carbons (Fsp3) is 0.250. The topological polar surface area (TPSA) is 102 Å². The average Bonchev–Trinajstić information content (AvgIpc) is 2.51. The predicted molar refractivity (Wildman–Crippen MR) is 87.9 cm³/mol. The van der Waals surface area contributed by atoms with Gasteiger partial charge in [0.25, 0.3) is 0 Å². The van der Waals surface area contributed by atoms with Crippen molar-refractivity contribution in [3.8, 4) is 11.5 Å². The van der Waals surface area contributed by atoms with Crippen molar-refractivity contribution in [2.45, 2.75) is 17.9 Å². The monoisotopic (exact) mass is 336 g/mol. The van der Waals surface area contributed by atoms with E-state index in [1.807, 2.05) is 6.07 Å². The molecule has 124 valence electrons. The van der Waals surface area contributed by atoms with Crippen molar-refractivity contribution in [2.24, 2.45) is 5.14 Å². The molecule has 0 spiro atoms. The number of rotatable bonds is 7. The molecule has 23 heavy (non-hydrogen) atoms. The molecule has 4 N–H and O–H groups in total. The number of phenols is 1. The van der Waals surface area contributed by atoms with E-state index >= 15 is 0 Å². The minimum absolute atomic E-state index is 0.114. The summed E-state index contributed by atoms with van der Waals surface area (Å²) in [7, 11) is -2.13. The third kappa shape index (κ3) is 4.95. The number of primary sulfonamides is 1. The van der Waals surface area contributed by atoms with Gasteiger partial charge in [0.2, 0.25) is 10.0 Å². The van der Waals surface area contributed by atoms with Crippen LogP contribution in [-0.2, 0) is 23.0 Å². The van der Waals surface area contributed by atoms with Gasteiger partial charge in [-0.2, -0.15) is 0 Å². The van der Waals surface area contributed by atoms with Crippen LogP contribution in [0.2, 0.25) is 0 Å². The van der Waals surface area contributed by atoms with Gasteiger partial charge in [0, 0.05) is 6.54 Å². The Labute approximate surface area is 136 Å². The Hall–Kier alpha value is -2.09. The van der Waals surface area contributed by atoms with Crippen LogP contribution in [0.4, 0.5) is 0 Å². The largest absolute Gasteiger partial charge is 0.504 e. The number of ether oxygens (including phenoxy) is 1. The summed E-state index contributed by atoms with van der Waals surface area (Å²) < 4.78 is 27.3. The Balaban J connectivity index is 1.82. The number of hydrogen-bond acceptors (Lipinski definition) is 5. The van der Waals surface area contributed by atoms with Crippen LogP contribution < -0.4 is 15.2 Å². The number of nitrogens with two attached hydrogens (primary N) is 1. The molecule has 2 aromatic carbocycles. The van der Waals surface area contributed by atoms with Crippen molar-refractivity contribution in [1.29, 1.82) is 0 Å². The molecule has 6 nitrogen and oxygen atoms in total. The molecular weight excluding hydrogens is 316 g/mol. The third-order valence-electron chi connectivity index (χ3n) is 3.41. The molecule has 0 saturated carbocycles. The summed E-state index contributed by atoms with van der Waals surface area (Å²) in [4.78, 5) is 0.114. The van der Waals surface area contributed by atoms with Crippen LogP contribution in [0.3, 0.4) is 0 Å². The number of nitrogens with one attached hydrogen (secondary N) is 1. The SMILES string of the molecule is COc1ccc(CNCCc2ccc(S(N)(=O)=O)cc2)cc1O. The second kappa shape index (κ2) is 7.45. The smallest absolute Gasteiger partial charge is 0.238 e. The van der Waals surface area contributed by atoms with Crippen LogP contribution in [0.5, 0.6) is 11.5 Å². The predicted octanol–water partition coefficient (Wildman–Crippen LogP) is 1.38. The summed E-state index contributed by atoms with van der Waals surface area (Å²) in [5.74, 6) is 0.564. The summed E-state index contributed by atoms with van der Waals surface area (Å²) in [6, 6.07) is 11.8. The van der Waals surface area contributed by atoms with E-state index in [0.29, 0.717) is 12.3 Å². The average molecular weight is 336 g/mol. The van der Waals surface area contributed by atoms with Crippen LogP contribution in [-0.4, -0.2) is 27.2 Å². The third-order valence-corrected chi connectivity index (χ3v) is 4.34. The molecule has 2 aromatic rings. The molecule has 0 fully saturated rings. The second-order valence-electron chi connectivity index (χ2n) is 5.12. The highest BCUT2D eigenvalue weighted by atomic mass is 32.2. The summed E-state index contributed by atoms with van der Waals surface area (Å²) >= 11 is 0. The van der Waals surface area contributed by atoms with E-state index in [4.69, 9.17) is 9.88 Å². The van der Waals surface area contributed by atoms with Crippen LogP contribution in [0.25, 0.3) is 0 Å². The number of phenolic OH excluding ortho intramolecular Hbond substituents is 1. The molecule has 7 heteroatoms. The van der Waals surface area contributed by atoms with Gasteiger partial charge in [-0.1, -0.05) is 18.2 Å². The Morgan fingerprint density at radius 3 is 2.35 bits per heavy atom. The first-order chi connectivity index (χ1) is 10.9. The van der Waals surface area contributed by atoms with Crippen molar-refractivity contribution < 1.29 is 18.3 Å². The molecule has 0 aliphatic heterocycles. The van der Waals surface area contributed by atoms with Crippen molar-refractivity contribution in [3.63, 3.8) is 0 Å². The minimum atomic E-state index is -3.64. The van der Waals surface area contributed by atoms with Gasteiger partial charge in [0.1, 0.15) is 0 Å². The summed E-state index contributed by atoms with van der Waals surface area (Å²) in [6.07, 6.45) is 0.757. The fourth-order valence-corrected chi connectivity index (χ4v) is 2.67. The van der Waals surface area contributed by atoms with Crippen LogP contribution in [0.15, 0.2) is 47.4 Å². The molecule has 0 bridgehead atoms. The fourth-order valence-electron chi connectivity index (χ4n) is 2.16. The molecule has 0 atom stereocenters. The highest BCUT2D eigenvalue weighted by Crippen LogP contribution is 2.26. The lowest BCUT2D eigenvalue weighted by Gasteiger charge is -2.08. The van der Waals surface area contributed by atoms with E-state index in [1.165, 1.54) is 19.2 Å². The molecule has 0 amide bonds. The second-order valence-corrected chi connectivity index (χ2v) is 6.68. The zero-order chi connectivity index (χ0) is 16.9. The molecule has 0 saturated heterocycles.